The van der Waals surface area contributed by atoms with E-state index >= 15 is 0 Å². The number of ether oxygens (including phenoxy) is 3. The van der Waals surface area contributed by atoms with Crippen LogP contribution in [0.3, 0.4) is 0 Å². The Hall–Kier alpha value is -3.07. The predicted molar refractivity (Wildman–Crippen MR) is 163 cm³/mol. The molecular formula is C32H52N4O5. The highest BCUT2D eigenvalue weighted by molar-refractivity contribution is 5.94. The second-order valence-electron chi connectivity index (χ2n) is 10.6. The maximum Gasteiger partial charge on any atom is 0.241 e. The molecule has 1 saturated heterocycles. The predicted octanol–water partition coefficient (Wildman–Crippen LogP) is 5.88. The summed E-state index contributed by atoms with van der Waals surface area (Å²) < 4.78 is 16.4. The number of allylic oxidation sites excluding steroid dienone is 4. The van der Waals surface area contributed by atoms with Crippen LogP contribution in [0, 0.1) is 0 Å². The van der Waals surface area contributed by atoms with Gasteiger partial charge in [0.25, 0.3) is 0 Å². The number of carbonyl (C=O) groups is 2. The van der Waals surface area contributed by atoms with Crippen molar-refractivity contribution in [1.29, 1.82) is 0 Å². The third-order valence-corrected chi connectivity index (χ3v) is 7.67. The maximum absolute atomic E-state index is 13.7. The van der Waals surface area contributed by atoms with E-state index in [9.17, 15) is 9.59 Å². The zero-order chi connectivity index (χ0) is 30.0. The summed E-state index contributed by atoms with van der Waals surface area (Å²) in [7, 11) is 1.61. The van der Waals surface area contributed by atoms with Gasteiger partial charge in [-0.3, -0.25) is 19.5 Å². The fraction of sp³-hybridized carbons (Fsp3) is 0.656. The minimum absolute atomic E-state index is 0.0872. The van der Waals surface area contributed by atoms with Gasteiger partial charge in [0.15, 0.2) is 0 Å². The largest absolute Gasteiger partial charge is 0.498 e. The van der Waals surface area contributed by atoms with Crippen molar-refractivity contribution in [3.05, 3.63) is 47.9 Å². The summed E-state index contributed by atoms with van der Waals surface area (Å²) in [4.78, 5) is 36.3. The van der Waals surface area contributed by atoms with Crippen LogP contribution in [0.25, 0.3) is 0 Å². The molecule has 1 fully saturated rings. The van der Waals surface area contributed by atoms with Gasteiger partial charge in [0.2, 0.25) is 18.6 Å². The minimum Gasteiger partial charge on any atom is -0.498 e. The molecule has 1 aromatic rings. The molecule has 0 saturated carbocycles. The summed E-state index contributed by atoms with van der Waals surface area (Å²) in [5.74, 6) is 2.56. The molecule has 0 N–H and O–H groups in total. The van der Waals surface area contributed by atoms with E-state index in [1.165, 1.54) is 0 Å². The topological polar surface area (TPSA) is 84.4 Å². The molecule has 41 heavy (non-hydrogen) atoms. The monoisotopic (exact) mass is 572 g/mol. The zero-order valence-corrected chi connectivity index (χ0v) is 26.2. The summed E-state index contributed by atoms with van der Waals surface area (Å²) in [5, 5.41) is 0. The minimum atomic E-state index is 0.0872. The highest BCUT2D eigenvalue weighted by atomic mass is 16.7. The highest BCUT2D eigenvalue weighted by Crippen LogP contribution is 2.19. The number of carbonyl (C=O) groups excluding carboxylic acids is 2. The van der Waals surface area contributed by atoms with Crippen molar-refractivity contribution in [3.63, 3.8) is 0 Å². The Morgan fingerprint density at radius 1 is 1.15 bits per heavy atom. The number of methoxy groups -OCH3 is 1. The van der Waals surface area contributed by atoms with Gasteiger partial charge in [-0.2, -0.15) is 0 Å². The van der Waals surface area contributed by atoms with Gasteiger partial charge in [-0.15, -0.1) is 0 Å². The van der Waals surface area contributed by atoms with E-state index < -0.39 is 0 Å². The van der Waals surface area contributed by atoms with Gasteiger partial charge in [0.1, 0.15) is 11.5 Å². The van der Waals surface area contributed by atoms with Gasteiger partial charge in [-0.05, 0) is 84.0 Å². The second-order valence-corrected chi connectivity index (χ2v) is 10.6. The van der Waals surface area contributed by atoms with Crippen molar-refractivity contribution < 1.29 is 23.8 Å². The Balaban J connectivity index is 2.04. The molecule has 0 radical (unpaired) electrons. The number of nitrogens with zero attached hydrogens (tertiary/aromatic N) is 4. The van der Waals surface area contributed by atoms with Crippen LogP contribution in [0.4, 0.5) is 5.69 Å². The molecule has 2 amide bonds. The molecule has 1 aliphatic heterocycles. The first-order valence-corrected chi connectivity index (χ1v) is 15.2. The Labute approximate surface area is 247 Å². The summed E-state index contributed by atoms with van der Waals surface area (Å²) >= 11 is 0. The first-order chi connectivity index (χ1) is 19.8. The number of aromatic nitrogens is 1. The average molecular weight is 573 g/mol. The molecule has 0 aromatic carbocycles. The van der Waals surface area contributed by atoms with E-state index in [1.54, 1.807) is 19.5 Å². The number of amides is 2. The number of hydrogen-bond acceptors (Lipinski definition) is 7. The fourth-order valence-corrected chi connectivity index (χ4v) is 4.88. The first-order valence-electron chi connectivity index (χ1n) is 15.2. The molecule has 2 heterocycles. The second kappa shape index (κ2) is 19.1. The molecule has 9 heteroatoms. The molecule has 0 aliphatic carbocycles. The number of pyridine rings is 1. The number of hydrogen-bond donors (Lipinski definition) is 0. The van der Waals surface area contributed by atoms with Crippen molar-refractivity contribution in [2.45, 2.75) is 92.0 Å². The maximum atomic E-state index is 13.7. The van der Waals surface area contributed by atoms with Crippen LogP contribution in [0.15, 0.2) is 47.9 Å². The number of likely N-dealkylation sites (tertiary alicyclic amines) is 1. The molecular weight excluding hydrogens is 520 g/mol. The van der Waals surface area contributed by atoms with E-state index in [1.807, 2.05) is 42.7 Å². The molecule has 0 unspecified atom stereocenters. The van der Waals surface area contributed by atoms with E-state index in [4.69, 9.17) is 14.2 Å². The Morgan fingerprint density at radius 2 is 1.95 bits per heavy atom. The van der Waals surface area contributed by atoms with Crippen LogP contribution >= 0.6 is 0 Å². The van der Waals surface area contributed by atoms with Gasteiger partial charge in [-0.1, -0.05) is 20.3 Å². The Kier molecular flexibility index (Phi) is 15.9. The third kappa shape index (κ3) is 12.1. The number of unbranched alkanes of at least 4 members (excludes halogenated alkanes) is 2. The molecule has 0 spiro atoms. The van der Waals surface area contributed by atoms with Crippen molar-refractivity contribution in [1.82, 2.24) is 14.8 Å². The van der Waals surface area contributed by atoms with E-state index in [-0.39, 0.29) is 24.6 Å². The molecule has 2 rings (SSSR count). The normalized spacial score (nSPS) is 15.1. The molecule has 1 aliphatic rings. The standard InChI is InChI=1S/C32H52N4O5/c1-7-9-21-36(30-15-12-18-33-23-30)32(38)24-35(29(8-2)17-22-34-20-13-16-31(34)37)19-11-10-14-26(3)40-25-41-28(5)27(4)39-6/h12,14-15,18,23,29H,7-11,13,16-17,19-22,24-25H2,1-6H3/b26-14+,28-27-/t29-/m1/s1. The quantitative estimate of drug-likeness (QED) is 0.110. The lowest BCUT2D eigenvalue weighted by atomic mass is 10.1. The van der Waals surface area contributed by atoms with E-state index in [2.05, 4.69) is 29.8 Å². The summed E-state index contributed by atoms with van der Waals surface area (Å²) in [5.41, 5.74) is 0.838. The van der Waals surface area contributed by atoms with Gasteiger partial charge in [0, 0.05) is 38.3 Å². The fourth-order valence-electron chi connectivity index (χ4n) is 4.88. The van der Waals surface area contributed by atoms with Gasteiger partial charge in [0.05, 0.1) is 31.3 Å². The molecule has 9 nitrogen and oxygen atoms in total. The van der Waals surface area contributed by atoms with Crippen LogP contribution in [-0.4, -0.2) is 79.3 Å². The van der Waals surface area contributed by atoms with Crippen LogP contribution in [-0.2, 0) is 23.8 Å². The lowest BCUT2D eigenvalue weighted by Crippen LogP contribution is -2.46. The number of rotatable bonds is 20. The van der Waals surface area contributed by atoms with Crippen molar-refractivity contribution >= 4 is 17.5 Å². The summed E-state index contributed by atoms with van der Waals surface area (Å²) in [6.07, 6.45) is 12.6. The van der Waals surface area contributed by atoms with Gasteiger partial charge >= 0.3 is 0 Å². The highest BCUT2D eigenvalue weighted by Gasteiger charge is 2.26. The van der Waals surface area contributed by atoms with Crippen LogP contribution < -0.4 is 4.90 Å². The molecule has 1 aromatic heterocycles. The lowest BCUT2D eigenvalue weighted by Gasteiger charge is -2.34. The van der Waals surface area contributed by atoms with E-state index in [0.717, 1.165) is 81.8 Å². The zero-order valence-electron chi connectivity index (χ0n) is 26.2. The van der Waals surface area contributed by atoms with Crippen LogP contribution in [0.5, 0.6) is 0 Å². The molecule has 0 bridgehead atoms. The first kappa shape index (κ1) is 34.1. The van der Waals surface area contributed by atoms with E-state index in [0.29, 0.717) is 25.3 Å². The lowest BCUT2D eigenvalue weighted by molar-refractivity contribution is -0.128. The SMILES string of the molecule is CCCCN(C(=O)CN(CCC/C=C(\C)OCO/C(C)=C(/C)OC)[C@H](CC)CCN1CCCC1=O)c1cccnc1. The molecule has 1 atom stereocenters. The summed E-state index contributed by atoms with van der Waals surface area (Å²) in [6, 6.07) is 4.04. The van der Waals surface area contributed by atoms with Crippen molar-refractivity contribution in [2.24, 2.45) is 0 Å². The van der Waals surface area contributed by atoms with Crippen LogP contribution in [0.2, 0.25) is 0 Å². The Bertz CT molecular complexity index is 982. The third-order valence-electron chi connectivity index (χ3n) is 7.67. The van der Waals surface area contributed by atoms with Crippen molar-refractivity contribution in [2.75, 3.05) is 51.5 Å². The van der Waals surface area contributed by atoms with Gasteiger partial charge < -0.3 is 24.0 Å². The number of anilines is 1. The summed E-state index contributed by atoms with van der Waals surface area (Å²) in [6.45, 7) is 13.4. The smallest absolute Gasteiger partial charge is 0.241 e. The van der Waals surface area contributed by atoms with Crippen LogP contribution in [0.1, 0.15) is 86.0 Å². The van der Waals surface area contributed by atoms with Gasteiger partial charge in [-0.25, -0.2) is 0 Å². The molecule has 230 valence electrons. The average Bonchev–Trinajstić information content (AvgIpc) is 3.39. The Morgan fingerprint density at radius 3 is 2.59 bits per heavy atom. The van der Waals surface area contributed by atoms with Crippen molar-refractivity contribution in [3.8, 4) is 0 Å².